The number of carboxylic acid groups (broad SMARTS) is 1. The second-order valence-electron chi connectivity index (χ2n) is 4.50. The Kier molecular flexibility index (Phi) is 2.94. The average Bonchev–Trinajstić information content (AvgIpc) is 2.94. The molecule has 1 amide bonds. The summed E-state index contributed by atoms with van der Waals surface area (Å²) in [6.45, 7) is 1.73. The second kappa shape index (κ2) is 4.76. The van der Waals surface area contributed by atoms with E-state index in [0.29, 0.717) is 19.6 Å². The molecule has 0 spiro atoms. The van der Waals surface area contributed by atoms with Crippen LogP contribution >= 0.6 is 0 Å². The van der Waals surface area contributed by atoms with Gasteiger partial charge in [-0.3, -0.25) is 9.78 Å². The minimum absolute atomic E-state index is 0.0655. The van der Waals surface area contributed by atoms with Gasteiger partial charge < -0.3 is 14.6 Å². The average molecular weight is 272 g/mol. The van der Waals surface area contributed by atoms with Crippen LogP contribution in [0, 0.1) is 0 Å². The summed E-state index contributed by atoms with van der Waals surface area (Å²) in [4.78, 5) is 32.8. The highest BCUT2D eigenvalue weighted by molar-refractivity contribution is 5.93. The summed E-state index contributed by atoms with van der Waals surface area (Å²) in [5, 5.41) is 8.80. The number of pyridine rings is 1. The van der Waals surface area contributed by atoms with Gasteiger partial charge in [0.25, 0.3) is 5.91 Å². The van der Waals surface area contributed by atoms with Crippen molar-refractivity contribution in [2.24, 2.45) is 0 Å². The Morgan fingerprint density at radius 1 is 1.20 bits per heavy atom. The molecule has 0 bridgehead atoms. The quantitative estimate of drug-likeness (QED) is 0.866. The third-order valence-corrected chi connectivity index (χ3v) is 3.26. The number of hydrogen-bond acceptors (Lipinski definition) is 4. The van der Waals surface area contributed by atoms with Crippen molar-refractivity contribution in [2.75, 3.05) is 6.54 Å². The molecule has 1 N–H and O–H groups in total. The van der Waals surface area contributed by atoms with Crippen molar-refractivity contribution < 1.29 is 14.7 Å². The van der Waals surface area contributed by atoms with Crippen LogP contribution < -0.4 is 0 Å². The number of nitrogens with zero attached hydrogens (tertiary/aromatic N) is 4. The van der Waals surface area contributed by atoms with Gasteiger partial charge in [-0.05, 0) is 12.1 Å². The largest absolute Gasteiger partial charge is 0.478 e. The molecular formula is C13H12N4O3. The van der Waals surface area contributed by atoms with Gasteiger partial charge in [-0.1, -0.05) is 0 Å². The number of amides is 1. The molecule has 0 fully saturated rings. The Morgan fingerprint density at radius 2 is 2.05 bits per heavy atom. The zero-order chi connectivity index (χ0) is 14.1. The fourth-order valence-corrected chi connectivity index (χ4v) is 2.16. The molecule has 1 aliphatic heterocycles. The van der Waals surface area contributed by atoms with Crippen molar-refractivity contribution in [2.45, 2.75) is 13.1 Å². The number of hydrogen-bond donors (Lipinski definition) is 1. The van der Waals surface area contributed by atoms with Gasteiger partial charge in [-0.2, -0.15) is 0 Å². The van der Waals surface area contributed by atoms with Crippen LogP contribution in [0.2, 0.25) is 0 Å². The molecule has 0 saturated heterocycles. The van der Waals surface area contributed by atoms with E-state index in [1.165, 1.54) is 18.3 Å². The summed E-state index contributed by atoms with van der Waals surface area (Å²) in [6, 6.07) is 2.82. The van der Waals surface area contributed by atoms with Gasteiger partial charge in [0, 0.05) is 31.7 Å². The predicted molar refractivity (Wildman–Crippen MR) is 68.2 cm³/mol. The van der Waals surface area contributed by atoms with E-state index in [-0.39, 0.29) is 17.2 Å². The maximum absolute atomic E-state index is 12.3. The van der Waals surface area contributed by atoms with E-state index < -0.39 is 5.97 Å². The Labute approximate surface area is 114 Å². The summed E-state index contributed by atoms with van der Waals surface area (Å²) < 4.78 is 2.00. The van der Waals surface area contributed by atoms with Crippen molar-refractivity contribution in [1.82, 2.24) is 19.4 Å². The molecule has 3 rings (SSSR count). The van der Waals surface area contributed by atoms with Crippen LogP contribution in [0.4, 0.5) is 0 Å². The lowest BCUT2D eigenvalue weighted by atomic mass is 10.2. The van der Waals surface area contributed by atoms with E-state index in [1.807, 2.05) is 10.8 Å². The van der Waals surface area contributed by atoms with Crippen LogP contribution in [0.3, 0.4) is 0 Å². The van der Waals surface area contributed by atoms with Crippen LogP contribution in [-0.2, 0) is 13.1 Å². The van der Waals surface area contributed by atoms with Gasteiger partial charge in [0.1, 0.15) is 11.5 Å². The van der Waals surface area contributed by atoms with Crippen molar-refractivity contribution >= 4 is 11.9 Å². The summed E-state index contributed by atoms with van der Waals surface area (Å²) >= 11 is 0. The summed E-state index contributed by atoms with van der Waals surface area (Å²) in [5.74, 6) is -0.431. The highest BCUT2D eigenvalue weighted by Gasteiger charge is 2.23. The molecule has 2 aromatic heterocycles. The number of aromatic nitrogens is 3. The lowest BCUT2D eigenvalue weighted by molar-refractivity contribution is 0.0684. The molecule has 0 radical (unpaired) electrons. The molecule has 20 heavy (non-hydrogen) atoms. The summed E-state index contributed by atoms with van der Waals surface area (Å²) in [6.07, 6.45) is 4.79. The molecule has 7 nitrogen and oxygen atoms in total. The number of rotatable bonds is 2. The van der Waals surface area contributed by atoms with E-state index in [2.05, 4.69) is 9.97 Å². The van der Waals surface area contributed by atoms with E-state index in [0.717, 1.165) is 5.82 Å². The molecular weight excluding hydrogens is 260 g/mol. The molecule has 0 aliphatic carbocycles. The SMILES string of the molecule is O=C(O)c1ccc(C(=O)N2CCn3ccnc3C2)nc1. The number of carbonyl (C=O) groups excluding carboxylic acids is 1. The molecule has 0 unspecified atom stereocenters. The highest BCUT2D eigenvalue weighted by Crippen LogP contribution is 2.13. The Morgan fingerprint density at radius 3 is 2.75 bits per heavy atom. The number of carboxylic acids is 1. The number of fused-ring (bicyclic) bond motifs is 1. The van der Waals surface area contributed by atoms with Crippen LogP contribution in [0.25, 0.3) is 0 Å². The van der Waals surface area contributed by atoms with Gasteiger partial charge in [0.2, 0.25) is 0 Å². The normalized spacial score (nSPS) is 13.9. The lowest BCUT2D eigenvalue weighted by Gasteiger charge is -2.27. The van der Waals surface area contributed by atoms with Crippen molar-refractivity contribution in [1.29, 1.82) is 0 Å². The Bertz CT molecular complexity index is 663. The zero-order valence-electron chi connectivity index (χ0n) is 10.6. The third-order valence-electron chi connectivity index (χ3n) is 3.26. The summed E-state index contributed by atoms with van der Waals surface area (Å²) in [7, 11) is 0. The minimum atomic E-state index is -1.06. The Hall–Kier alpha value is -2.70. The zero-order valence-corrected chi connectivity index (χ0v) is 10.6. The molecule has 0 saturated carbocycles. The fourth-order valence-electron chi connectivity index (χ4n) is 2.16. The van der Waals surface area contributed by atoms with Crippen LogP contribution in [-0.4, -0.2) is 43.0 Å². The van der Waals surface area contributed by atoms with E-state index >= 15 is 0 Å². The molecule has 1 aliphatic rings. The first-order valence-corrected chi connectivity index (χ1v) is 6.14. The number of carbonyl (C=O) groups is 2. The molecule has 3 heterocycles. The fraction of sp³-hybridized carbons (Fsp3) is 0.231. The second-order valence-corrected chi connectivity index (χ2v) is 4.50. The monoisotopic (exact) mass is 272 g/mol. The smallest absolute Gasteiger partial charge is 0.337 e. The van der Waals surface area contributed by atoms with Gasteiger partial charge in [-0.25, -0.2) is 9.78 Å². The van der Waals surface area contributed by atoms with Crippen LogP contribution in [0.1, 0.15) is 26.7 Å². The van der Waals surface area contributed by atoms with Gasteiger partial charge in [-0.15, -0.1) is 0 Å². The topological polar surface area (TPSA) is 88.3 Å². The molecule has 2 aromatic rings. The maximum atomic E-state index is 12.3. The predicted octanol–water partition coefficient (Wildman–Crippen LogP) is 0.632. The number of imidazole rings is 1. The molecule has 0 atom stereocenters. The van der Waals surface area contributed by atoms with Crippen molar-refractivity contribution in [3.05, 3.63) is 47.8 Å². The molecule has 0 aromatic carbocycles. The first-order valence-electron chi connectivity index (χ1n) is 6.14. The van der Waals surface area contributed by atoms with Gasteiger partial charge in [0.15, 0.2) is 0 Å². The van der Waals surface area contributed by atoms with E-state index in [4.69, 9.17) is 5.11 Å². The Balaban J connectivity index is 1.78. The minimum Gasteiger partial charge on any atom is -0.478 e. The first kappa shape index (κ1) is 12.3. The standard InChI is InChI=1S/C13H12N4O3/c18-12(10-2-1-9(7-15-10)13(19)20)17-6-5-16-4-3-14-11(16)8-17/h1-4,7H,5-6,8H2,(H,19,20). The number of aromatic carboxylic acids is 1. The molecule has 7 heteroatoms. The third kappa shape index (κ3) is 2.13. The van der Waals surface area contributed by atoms with Gasteiger partial charge in [0.05, 0.1) is 12.1 Å². The lowest BCUT2D eigenvalue weighted by Crippen LogP contribution is -2.38. The summed E-state index contributed by atoms with van der Waals surface area (Å²) in [5.41, 5.74) is 0.311. The van der Waals surface area contributed by atoms with E-state index in [9.17, 15) is 9.59 Å². The van der Waals surface area contributed by atoms with Crippen molar-refractivity contribution in [3.8, 4) is 0 Å². The van der Waals surface area contributed by atoms with Crippen molar-refractivity contribution in [3.63, 3.8) is 0 Å². The highest BCUT2D eigenvalue weighted by atomic mass is 16.4. The van der Waals surface area contributed by atoms with Crippen LogP contribution in [0.15, 0.2) is 30.7 Å². The van der Waals surface area contributed by atoms with Crippen LogP contribution in [0.5, 0.6) is 0 Å². The van der Waals surface area contributed by atoms with Gasteiger partial charge >= 0.3 is 5.97 Å². The molecule has 102 valence electrons. The first-order chi connectivity index (χ1) is 9.65. The maximum Gasteiger partial charge on any atom is 0.337 e. The van der Waals surface area contributed by atoms with E-state index in [1.54, 1.807) is 11.1 Å².